The van der Waals surface area contributed by atoms with Crippen molar-refractivity contribution in [1.82, 2.24) is 19.7 Å². The molecule has 1 aliphatic heterocycles. The largest absolute Gasteiger partial charge is 0.466 e. The summed E-state index contributed by atoms with van der Waals surface area (Å²) in [7, 11) is 0. The first-order valence-electron chi connectivity index (χ1n) is 11.2. The average molecular weight is 421 g/mol. The number of rotatable bonds is 7. The van der Waals surface area contributed by atoms with Gasteiger partial charge in [-0.3, -0.25) is 4.79 Å². The fourth-order valence-electron chi connectivity index (χ4n) is 3.94. The van der Waals surface area contributed by atoms with Crippen LogP contribution >= 0.6 is 0 Å². The zero-order valence-corrected chi connectivity index (χ0v) is 19.2. The van der Waals surface area contributed by atoms with Gasteiger partial charge in [-0.2, -0.15) is 0 Å². The molecule has 8 nitrogen and oxygen atoms in total. The van der Waals surface area contributed by atoms with Crippen LogP contribution in [0, 0.1) is 11.8 Å². The molecule has 0 bridgehead atoms. The Balaban J connectivity index is 1.87. The van der Waals surface area contributed by atoms with Crippen LogP contribution in [-0.4, -0.2) is 57.0 Å². The summed E-state index contributed by atoms with van der Waals surface area (Å²) >= 11 is 0. The number of hydrogen-bond donors (Lipinski definition) is 0. The summed E-state index contributed by atoms with van der Waals surface area (Å²) in [6, 6.07) is 0.399. The lowest BCUT2D eigenvalue weighted by atomic mass is 9.95. The van der Waals surface area contributed by atoms with Gasteiger partial charge >= 0.3 is 12.1 Å². The first kappa shape index (κ1) is 22.6. The molecule has 0 N–H and O–H groups in total. The zero-order chi connectivity index (χ0) is 22.1. The van der Waals surface area contributed by atoms with E-state index in [0.29, 0.717) is 25.1 Å². The number of aromatic nitrogens is 3. The molecule has 8 heteroatoms. The molecule has 1 aliphatic carbocycles. The van der Waals surface area contributed by atoms with Crippen LogP contribution in [0.5, 0.6) is 0 Å². The monoisotopic (exact) mass is 420 g/mol. The third kappa shape index (κ3) is 5.32. The van der Waals surface area contributed by atoms with Crippen molar-refractivity contribution in [2.75, 3.05) is 19.7 Å². The van der Waals surface area contributed by atoms with Crippen molar-refractivity contribution in [1.29, 1.82) is 0 Å². The molecule has 1 saturated heterocycles. The second-order valence-corrected chi connectivity index (χ2v) is 9.86. The van der Waals surface area contributed by atoms with Crippen LogP contribution in [0.3, 0.4) is 0 Å². The summed E-state index contributed by atoms with van der Waals surface area (Å²) < 4.78 is 13.1. The number of esters is 1. The van der Waals surface area contributed by atoms with Gasteiger partial charge in [0.25, 0.3) is 0 Å². The lowest BCUT2D eigenvalue weighted by Gasteiger charge is -2.24. The predicted octanol–water partition coefficient (Wildman–Crippen LogP) is 3.72. The van der Waals surface area contributed by atoms with Gasteiger partial charge in [0.05, 0.1) is 18.4 Å². The van der Waals surface area contributed by atoms with E-state index in [-0.39, 0.29) is 18.4 Å². The van der Waals surface area contributed by atoms with Crippen molar-refractivity contribution in [3.63, 3.8) is 0 Å². The third-order valence-corrected chi connectivity index (χ3v) is 5.54. The molecule has 2 fully saturated rings. The van der Waals surface area contributed by atoms with Crippen LogP contribution < -0.4 is 0 Å². The number of aryl methyl sites for hydroxylation is 1. The molecule has 30 heavy (non-hydrogen) atoms. The lowest BCUT2D eigenvalue weighted by molar-refractivity contribution is -0.148. The highest BCUT2D eigenvalue weighted by molar-refractivity contribution is 5.77. The van der Waals surface area contributed by atoms with Gasteiger partial charge in [-0.25, -0.2) is 4.79 Å². The third-order valence-electron chi connectivity index (χ3n) is 5.54. The summed E-state index contributed by atoms with van der Waals surface area (Å²) in [6.45, 7) is 12.7. The maximum absolute atomic E-state index is 12.7. The van der Waals surface area contributed by atoms with Gasteiger partial charge < -0.3 is 18.9 Å². The highest BCUT2D eigenvalue weighted by Crippen LogP contribution is 2.41. The molecular formula is C22H36N4O4. The maximum atomic E-state index is 12.7. The molecule has 3 rings (SSSR count). The SMILES string of the molecule is CCOC(=O)[C@H]1CN(C(=O)OC(C)(C)C)C[C@@H]1c1nnc(CCC(C)C)n1C1CC1. The van der Waals surface area contributed by atoms with E-state index in [1.54, 1.807) is 11.8 Å². The topological polar surface area (TPSA) is 86.6 Å². The van der Waals surface area contributed by atoms with Crippen LogP contribution in [0.1, 0.15) is 84.4 Å². The van der Waals surface area contributed by atoms with Crippen LogP contribution in [0.2, 0.25) is 0 Å². The van der Waals surface area contributed by atoms with Gasteiger partial charge in [-0.1, -0.05) is 13.8 Å². The quantitative estimate of drug-likeness (QED) is 0.625. The number of hydrogen-bond acceptors (Lipinski definition) is 6. The molecule has 2 atom stereocenters. The molecule has 1 aromatic rings. The normalized spacial score (nSPS) is 21.9. The molecule has 2 aliphatic rings. The maximum Gasteiger partial charge on any atom is 0.410 e. The fraction of sp³-hybridized carbons (Fsp3) is 0.818. The molecule has 0 unspecified atom stereocenters. The number of ether oxygens (including phenoxy) is 2. The molecule has 1 aromatic heterocycles. The van der Waals surface area contributed by atoms with Crippen molar-refractivity contribution < 1.29 is 19.1 Å². The molecule has 0 aromatic carbocycles. The van der Waals surface area contributed by atoms with Gasteiger partial charge in [0, 0.05) is 25.6 Å². The second-order valence-electron chi connectivity index (χ2n) is 9.86. The number of nitrogens with zero attached hydrogens (tertiary/aromatic N) is 4. The van der Waals surface area contributed by atoms with E-state index in [2.05, 4.69) is 28.6 Å². The minimum atomic E-state index is -0.591. The van der Waals surface area contributed by atoms with Crippen LogP contribution in [0.25, 0.3) is 0 Å². The van der Waals surface area contributed by atoms with Gasteiger partial charge in [-0.15, -0.1) is 10.2 Å². The number of amides is 1. The van der Waals surface area contributed by atoms with E-state index in [4.69, 9.17) is 9.47 Å². The Morgan fingerprint density at radius 3 is 2.43 bits per heavy atom. The summed E-state index contributed by atoms with van der Waals surface area (Å²) in [5.74, 6) is 1.39. The summed E-state index contributed by atoms with van der Waals surface area (Å²) in [6.07, 6.45) is 3.71. The van der Waals surface area contributed by atoms with E-state index in [1.807, 2.05) is 20.8 Å². The first-order valence-corrected chi connectivity index (χ1v) is 11.2. The Kier molecular flexibility index (Phi) is 6.72. The smallest absolute Gasteiger partial charge is 0.410 e. The van der Waals surface area contributed by atoms with Crippen molar-refractivity contribution >= 4 is 12.1 Å². The van der Waals surface area contributed by atoms with Crippen molar-refractivity contribution in [2.24, 2.45) is 11.8 Å². The van der Waals surface area contributed by atoms with E-state index in [9.17, 15) is 9.59 Å². The summed E-state index contributed by atoms with van der Waals surface area (Å²) in [5, 5.41) is 9.01. The Morgan fingerprint density at radius 2 is 1.87 bits per heavy atom. The predicted molar refractivity (Wildman–Crippen MR) is 112 cm³/mol. The fourth-order valence-corrected chi connectivity index (χ4v) is 3.94. The molecule has 2 heterocycles. The molecule has 0 spiro atoms. The van der Waals surface area contributed by atoms with E-state index in [0.717, 1.165) is 37.3 Å². The van der Waals surface area contributed by atoms with Gasteiger partial charge in [0.15, 0.2) is 0 Å². The van der Waals surface area contributed by atoms with Crippen LogP contribution in [0.15, 0.2) is 0 Å². The minimum Gasteiger partial charge on any atom is -0.466 e. The van der Waals surface area contributed by atoms with E-state index in [1.165, 1.54) is 0 Å². The average Bonchev–Trinajstić information content (AvgIpc) is 3.23. The Labute approximate surface area is 179 Å². The first-order chi connectivity index (χ1) is 14.1. The number of carbonyl (C=O) groups excluding carboxylic acids is 2. The van der Waals surface area contributed by atoms with Gasteiger partial charge in [-0.05, 0) is 52.9 Å². The van der Waals surface area contributed by atoms with Gasteiger partial charge in [0.1, 0.15) is 17.2 Å². The standard InChI is InChI=1S/C22H36N4O4/c1-7-29-20(27)17-13-25(21(28)30-22(4,5)6)12-16(17)19-24-23-18(11-8-14(2)3)26(19)15-9-10-15/h14-17H,7-13H2,1-6H3/t16-,17-/m0/s1. The zero-order valence-electron chi connectivity index (χ0n) is 19.2. The van der Waals surface area contributed by atoms with Crippen LogP contribution in [-0.2, 0) is 20.7 Å². The molecule has 1 saturated carbocycles. The second kappa shape index (κ2) is 8.94. The molecular weight excluding hydrogens is 384 g/mol. The highest BCUT2D eigenvalue weighted by atomic mass is 16.6. The number of likely N-dealkylation sites (tertiary alicyclic amines) is 1. The lowest BCUT2D eigenvalue weighted by Crippen LogP contribution is -2.36. The Hall–Kier alpha value is -2.12. The van der Waals surface area contributed by atoms with Crippen molar-refractivity contribution in [2.45, 2.75) is 84.8 Å². The number of carbonyl (C=O) groups is 2. The van der Waals surface area contributed by atoms with Crippen LogP contribution in [0.4, 0.5) is 4.79 Å². The molecule has 0 radical (unpaired) electrons. The van der Waals surface area contributed by atoms with E-state index < -0.39 is 17.6 Å². The van der Waals surface area contributed by atoms with Crippen molar-refractivity contribution in [3.8, 4) is 0 Å². The molecule has 168 valence electrons. The Morgan fingerprint density at radius 1 is 1.17 bits per heavy atom. The Bertz CT molecular complexity index is 764. The summed E-state index contributed by atoms with van der Waals surface area (Å²) in [5.41, 5.74) is -0.591. The summed E-state index contributed by atoms with van der Waals surface area (Å²) in [4.78, 5) is 27.0. The van der Waals surface area contributed by atoms with Crippen molar-refractivity contribution in [3.05, 3.63) is 11.6 Å². The molecule has 1 amide bonds. The van der Waals surface area contributed by atoms with Gasteiger partial charge in [0.2, 0.25) is 0 Å². The highest BCUT2D eigenvalue weighted by Gasteiger charge is 2.46. The minimum absolute atomic E-state index is 0.238. The van der Waals surface area contributed by atoms with E-state index >= 15 is 0 Å².